The van der Waals surface area contributed by atoms with E-state index < -0.39 is 0 Å². The molecule has 3 heteroatoms. The average Bonchev–Trinajstić information content (AvgIpc) is 3.09. The Morgan fingerprint density at radius 2 is 2.05 bits per heavy atom. The molecule has 1 aromatic rings. The summed E-state index contributed by atoms with van der Waals surface area (Å²) >= 11 is 3.41. The van der Waals surface area contributed by atoms with Crippen molar-refractivity contribution in [1.29, 1.82) is 0 Å². The number of fused-ring (bicyclic) bond motifs is 2. The molecule has 3 rings (SSSR count). The van der Waals surface area contributed by atoms with Crippen molar-refractivity contribution in [2.75, 3.05) is 0 Å². The molecule has 2 aliphatic carbocycles. The molecule has 2 aliphatic rings. The lowest BCUT2D eigenvalue weighted by atomic mass is 9.84. The Bertz CT molecular complexity index is 537. The van der Waals surface area contributed by atoms with Crippen molar-refractivity contribution in [3.8, 4) is 0 Å². The van der Waals surface area contributed by atoms with Gasteiger partial charge in [0.1, 0.15) is 0 Å². The van der Waals surface area contributed by atoms with Crippen molar-refractivity contribution >= 4 is 27.9 Å². The lowest BCUT2D eigenvalue weighted by molar-refractivity contribution is -0.117. The van der Waals surface area contributed by atoms with Gasteiger partial charge in [-0.05, 0) is 67.7 Å². The van der Waals surface area contributed by atoms with Crippen LogP contribution in [0.15, 0.2) is 34.8 Å². The molecule has 1 amide bonds. The normalized spacial score (nSPS) is 29.0. The minimum Gasteiger partial charge on any atom is -0.350 e. The van der Waals surface area contributed by atoms with Gasteiger partial charge in [0.05, 0.1) is 0 Å². The van der Waals surface area contributed by atoms with Crippen LogP contribution in [0, 0.1) is 17.8 Å². The lowest BCUT2D eigenvalue weighted by Gasteiger charge is -2.28. The van der Waals surface area contributed by atoms with Gasteiger partial charge in [0.15, 0.2) is 0 Å². The number of rotatable bonds is 4. The Morgan fingerprint density at radius 3 is 2.67 bits per heavy atom. The van der Waals surface area contributed by atoms with Gasteiger partial charge in [-0.25, -0.2) is 0 Å². The fourth-order valence-electron chi connectivity index (χ4n) is 4.03. The first-order chi connectivity index (χ1) is 10.1. The molecule has 1 aromatic carbocycles. The van der Waals surface area contributed by atoms with Crippen molar-refractivity contribution in [1.82, 2.24) is 5.32 Å². The Kier molecular flexibility index (Phi) is 4.48. The summed E-state index contributed by atoms with van der Waals surface area (Å²) in [5.74, 6) is 2.49. The second kappa shape index (κ2) is 6.35. The molecular formula is C18H22BrNO. The van der Waals surface area contributed by atoms with Gasteiger partial charge in [0, 0.05) is 16.6 Å². The molecular weight excluding hydrogens is 326 g/mol. The van der Waals surface area contributed by atoms with Crippen LogP contribution in [-0.4, -0.2) is 11.9 Å². The number of benzene rings is 1. The predicted octanol–water partition coefficient (Wildman–Crippen LogP) is 4.40. The summed E-state index contributed by atoms with van der Waals surface area (Å²) < 4.78 is 1.05. The molecule has 112 valence electrons. The summed E-state index contributed by atoms with van der Waals surface area (Å²) in [6.07, 6.45) is 8.99. The summed E-state index contributed by atoms with van der Waals surface area (Å²) in [7, 11) is 0. The molecule has 1 N–H and O–H groups in total. The van der Waals surface area contributed by atoms with Crippen LogP contribution in [0.3, 0.4) is 0 Å². The van der Waals surface area contributed by atoms with Crippen LogP contribution in [0.25, 0.3) is 6.08 Å². The van der Waals surface area contributed by atoms with Gasteiger partial charge in [-0.15, -0.1) is 0 Å². The molecule has 21 heavy (non-hydrogen) atoms. The fraction of sp³-hybridized carbons (Fsp3) is 0.500. The third kappa shape index (κ3) is 3.57. The van der Waals surface area contributed by atoms with Gasteiger partial charge in [0.2, 0.25) is 5.91 Å². The Hall–Kier alpha value is -1.09. The van der Waals surface area contributed by atoms with E-state index in [-0.39, 0.29) is 5.91 Å². The van der Waals surface area contributed by atoms with E-state index in [0.717, 1.165) is 21.9 Å². The van der Waals surface area contributed by atoms with Gasteiger partial charge in [-0.1, -0.05) is 34.5 Å². The summed E-state index contributed by atoms with van der Waals surface area (Å²) in [6.45, 7) is 2.16. The SMILES string of the molecule is C[C@@H](NC(=O)/C=C/c1ccc(Br)cc1)[C@H]1C[C@@H]2CC[C@@H]1C2. The monoisotopic (exact) mass is 347 g/mol. The summed E-state index contributed by atoms with van der Waals surface area (Å²) in [6, 6.07) is 8.24. The Morgan fingerprint density at radius 1 is 1.29 bits per heavy atom. The molecule has 0 radical (unpaired) electrons. The zero-order valence-corrected chi connectivity index (χ0v) is 14.0. The molecule has 2 fully saturated rings. The highest BCUT2D eigenvalue weighted by molar-refractivity contribution is 9.10. The van der Waals surface area contributed by atoms with Gasteiger partial charge >= 0.3 is 0 Å². The first-order valence-corrected chi connectivity index (χ1v) is 8.65. The maximum atomic E-state index is 12.0. The molecule has 0 aliphatic heterocycles. The molecule has 4 atom stereocenters. The topological polar surface area (TPSA) is 29.1 Å². The second-order valence-electron chi connectivity index (χ2n) is 6.52. The average molecular weight is 348 g/mol. The number of carbonyl (C=O) groups is 1. The first kappa shape index (κ1) is 14.8. The van der Waals surface area contributed by atoms with E-state index in [4.69, 9.17) is 0 Å². The third-order valence-corrected chi connectivity index (χ3v) is 5.63. The maximum absolute atomic E-state index is 12.0. The van der Waals surface area contributed by atoms with Gasteiger partial charge < -0.3 is 5.32 Å². The van der Waals surface area contributed by atoms with Crippen LogP contribution < -0.4 is 5.32 Å². The van der Waals surface area contributed by atoms with E-state index in [0.29, 0.717) is 12.0 Å². The first-order valence-electron chi connectivity index (χ1n) is 7.86. The number of carbonyl (C=O) groups excluding carboxylic acids is 1. The highest BCUT2D eigenvalue weighted by Crippen LogP contribution is 2.49. The van der Waals surface area contributed by atoms with E-state index in [1.54, 1.807) is 6.08 Å². The molecule has 0 spiro atoms. The van der Waals surface area contributed by atoms with E-state index in [9.17, 15) is 4.79 Å². The second-order valence-corrected chi connectivity index (χ2v) is 7.44. The molecule has 0 unspecified atom stereocenters. The van der Waals surface area contributed by atoms with Crippen LogP contribution in [0.4, 0.5) is 0 Å². The Balaban J connectivity index is 1.53. The van der Waals surface area contributed by atoms with Crippen LogP contribution >= 0.6 is 15.9 Å². The van der Waals surface area contributed by atoms with E-state index in [2.05, 4.69) is 28.2 Å². The zero-order chi connectivity index (χ0) is 14.8. The highest BCUT2D eigenvalue weighted by atomic mass is 79.9. The van der Waals surface area contributed by atoms with Gasteiger partial charge in [-0.3, -0.25) is 4.79 Å². The largest absolute Gasteiger partial charge is 0.350 e. The smallest absolute Gasteiger partial charge is 0.244 e. The highest BCUT2D eigenvalue weighted by Gasteiger charge is 2.41. The number of nitrogens with one attached hydrogen (secondary N) is 1. The molecule has 2 bridgehead atoms. The summed E-state index contributed by atoms with van der Waals surface area (Å²) in [5.41, 5.74) is 1.04. The number of halogens is 1. The lowest BCUT2D eigenvalue weighted by Crippen LogP contribution is -2.39. The van der Waals surface area contributed by atoms with Crippen LogP contribution in [0.5, 0.6) is 0 Å². The minimum atomic E-state index is 0.0215. The van der Waals surface area contributed by atoms with Gasteiger partial charge in [0.25, 0.3) is 0 Å². The number of hydrogen-bond donors (Lipinski definition) is 1. The fourth-order valence-corrected chi connectivity index (χ4v) is 4.30. The molecule has 2 nitrogen and oxygen atoms in total. The quantitative estimate of drug-likeness (QED) is 0.803. The van der Waals surface area contributed by atoms with Crippen molar-refractivity contribution in [2.45, 2.75) is 38.6 Å². The van der Waals surface area contributed by atoms with E-state index >= 15 is 0 Å². The maximum Gasteiger partial charge on any atom is 0.244 e. The van der Waals surface area contributed by atoms with Gasteiger partial charge in [-0.2, -0.15) is 0 Å². The van der Waals surface area contributed by atoms with E-state index in [1.807, 2.05) is 30.3 Å². The van der Waals surface area contributed by atoms with Crippen molar-refractivity contribution in [3.63, 3.8) is 0 Å². The molecule has 0 saturated heterocycles. The molecule has 0 aromatic heterocycles. The van der Waals surface area contributed by atoms with Crippen molar-refractivity contribution in [3.05, 3.63) is 40.4 Å². The van der Waals surface area contributed by atoms with Crippen molar-refractivity contribution < 1.29 is 4.79 Å². The molecule has 2 saturated carbocycles. The zero-order valence-electron chi connectivity index (χ0n) is 12.4. The summed E-state index contributed by atoms with van der Waals surface area (Å²) in [5, 5.41) is 3.15. The Labute approximate surface area is 135 Å². The van der Waals surface area contributed by atoms with Crippen molar-refractivity contribution in [2.24, 2.45) is 17.8 Å². The predicted molar refractivity (Wildman–Crippen MR) is 89.7 cm³/mol. The molecule has 0 heterocycles. The number of hydrogen-bond acceptors (Lipinski definition) is 1. The van der Waals surface area contributed by atoms with Crippen LogP contribution in [0.1, 0.15) is 38.2 Å². The van der Waals surface area contributed by atoms with Crippen LogP contribution in [0.2, 0.25) is 0 Å². The third-order valence-electron chi connectivity index (χ3n) is 5.10. The van der Waals surface area contributed by atoms with Crippen LogP contribution in [-0.2, 0) is 4.79 Å². The minimum absolute atomic E-state index is 0.0215. The summed E-state index contributed by atoms with van der Waals surface area (Å²) in [4.78, 5) is 12.0. The standard InChI is InChI=1S/C18H22BrNO/c1-12(17-11-14-2-6-15(17)10-14)20-18(21)9-5-13-3-7-16(19)8-4-13/h3-5,7-9,12,14-15,17H,2,6,10-11H2,1H3,(H,20,21)/b9-5+/t12-,14-,15-,17-/m1/s1. The number of amides is 1. The van der Waals surface area contributed by atoms with E-state index in [1.165, 1.54) is 25.7 Å².